The summed E-state index contributed by atoms with van der Waals surface area (Å²) in [5.41, 5.74) is 2.08. The summed E-state index contributed by atoms with van der Waals surface area (Å²) in [6, 6.07) is 8.76. The molecule has 1 fully saturated rings. The van der Waals surface area contributed by atoms with Gasteiger partial charge in [0, 0.05) is 10.7 Å². The zero-order chi connectivity index (χ0) is 23.4. The number of thioether (sulfide) groups is 1. The summed E-state index contributed by atoms with van der Waals surface area (Å²) in [5.74, 6) is 2.09. The van der Waals surface area contributed by atoms with Gasteiger partial charge in [-0.15, -0.1) is 6.42 Å². The average Bonchev–Trinajstić information content (AvgIpc) is 2.97. The molecule has 1 aliphatic rings. The molecule has 1 heterocycles. The van der Waals surface area contributed by atoms with Crippen molar-refractivity contribution >= 4 is 97.4 Å². The van der Waals surface area contributed by atoms with E-state index in [0.717, 1.165) is 34.9 Å². The predicted octanol–water partition coefficient (Wildman–Crippen LogP) is 5.54. The summed E-state index contributed by atoms with van der Waals surface area (Å²) in [4.78, 5) is 38.8. The number of amides is 3. The van der Waals surface area contributed by atoms with Crippen molar-refractivity contribution in [2.45, 2.75) is 6.92 Å². The second kappa shape index (κ2) is 10.9. The second-order valence-corrected chi connectivity index (χ2v) is 10.3. The summed E-state index contributed by atoms with van der Waals surface area (Å²) < 4.78 is 7.20. The molecule has 0 atom stereocenters. The molecular weight excluding hydrogens is 678 g/mol. The van der Waals surface area contributed by atoms with Crippen molar-refractivity contribution in [3.05, 3.63) is 58.5 Å². The molecule has 2 aromatic rings. The Hall–Kier alpha value is -1.75. The number of halogens is 3. The lowest BCUT2D eigenvalue weighted by atomic mass is 10.2. The van der Waals surface area contributed by atoms with Gasteiger partial charge in [0.1, 0.15) is 18.9 Å². The van der Waals surface area contributed by atoms with Crippen LogP contribution in [-0.4, -0.2) is 35.1 Å². The van der Waals surface area contributed by atoms with E-state index < -0.39 is 17.1 Å². The largest absolute Gasteiger partial charge is 0.479 e. The third-order valence-electron chi connectivity index (χ3n) is 4.27. The standard InChI is InChI=1S/C22H15ClI2N2O4S/c1-3-6-31-20-15(24)7-13(8-16(20)25)9-18-21(29)27(22(30)32-18)11-19(28)26-17-10-14(23)5-4-12(17)2/h1,4-5,7-10H,6,11H2,2H3,(H,26,28)/b18-9-. The zero-order valence-electron chi connectivity index (χ0n) is 16.6. The highest BCUT2D eigenvalue weighted by molar-refractivity contribution is 14.1. The van der Waals surface area contributed by atoms with Crippen LogP contribution in [0.1, 0.15) is 11.1 Å². The molecule has 0 spiro atoms. The molecular formula is C22H15ClI2N2O4S. The molecule has 32 heavy (non-hydrogen) atoms. The van der Waals surface area contributed by atoms with Gasteiger partial charge in [-0.25, -0.2) is 0 Å². The molecule has 0 aromatic heterocycles. The Morgan fingerprint density at radius 1 is 1.28 bits per heavy atom. The maximum absolute atomic E-state index is 12.8. The molecule has 1 saturated heterocycles. The van der Waals surface area contributed by atoms with Gasteiger partial charge >= 0.3 is 0 Å². The smallest absolute Gasteiger partial charge is 0.294 e. The van der Waals surface area contributed by atoms with Crippen molar-refractivity contribution in [1.82, 2.24) is 4.90 Å². The number of benzene rings is 2. The first-order valence-electron chi connectivity index (χ1n) is 9.06. The maximum atomic E-state index is 12.8. The van der Waals surface area contributed by atoms with Gasteiger partial charge in [-0.2, -0.15) is 0 Å². The van der Waals surface area contributed by atoms with Crippen LogP contribution >= 0.6 is 68.5 Å². The van der Waals surface area contributed by atoms with Gasteiger partial charge in [0.25, 0.3) is 11.1 Å². The van der Waals surface area contributed by atoms with Gasteiger partial charge in [-0.1, -0.05) is 23.6 Å². The van der Waals surface area contributed by atoms with Crippen LogP contribution < -0.4 is 10.1 Å². The molecule has 3 amide bonds. The molecule has 0 bridgehead atoms. The number of anilines is 1. The number of hydrogen-bond acceptors (Lipinski definition) is 5. The quantitative estimate of drug-likeness (QED) is 0.245. The monoisotopic (exact) mass is 692 g/mol. The number of aryl methyl sites for hydroxylation is 1. The second-order valence-electron chi connectivity index (χ2n) is 6.58. The first-order valence-corrected chi connectivity index (χ1v) is 12.4. The Kier molecular flexibility index (Phi) is 8.49. The molecule has 3 rings (SSSR count). The van der Waals surface area contributed by atoms with Gasteiger partial charge in [0.05, 0.1) is 12.0 Å². The molecule has 0 aliphatic carbocycles. The van der Waals surface area contributed by atoms with Gasteiger partial charge in [0.15, 0.2) is 0 Å². The van der Waals surface area contributed by atoms with Gasteiger partial charge in [0.2, 0.25) is 5.91 Å². The summed E-state index contributed by atoms with van der Waals surface area (Å²) in [6.07, 6.45) is 6.87. The topological polar surface area (TPSA) is 75.7 Å². The minimum Gasteiger partial charge on any atom is -0.479 e. The number of carbonyl (C=O) groups excluding carboxylic acids is 3. The van der Waals surface area contributed by atoms with E-state index in [0.29, 0.717) is 16.5 Å². The molecule has 0 unspecified atom stereocenters. The third-order valence-corrected chi connectivity index (χ3v) is 7.01. The molecule has 6 nitrogen and oxygen atoms in total. The van der Waals surface area contributed by atoms with Crippen LogP contribution in [0.15, 0.2) is 35.2 Å². The first-order chi connectivity index (χ1) is 15.2. The van der Waals surface area contributed by atoms with Crippen molar-refractivity contribution in [3.63, 3.8) is 0 Å². The van der Waals surface area contributed by atoms with Crippen molar-refractivity contribution in [3.8, 4) is 18.1 Å². The summed E-state index contributed by atoms with van der Waals surface area (Å²) in [6.45, 7) is 1.59. The Labute approximate surface area is 221 Å². The van der Waals surface area contributed by atoms with Crippen molar-refractivity contribution in [2.24, 2.45) is 0 Å². The highest BCUT2D eigenvalue weighted by Crippen LogP contribution is 2.35. The van der Waals surface area contributed by atoms with E-state index in [1.165, 1.54) is 0 Å². The first kappa shape index (κ1) is 24.9. The van der Waals surface area contributed by atoms with Gasteiger partial charge in [-0.05, 0) is 105 Å². The SMILES string of the molecule is C#CCOc1c(I)cc(/C=C2\SC(=O)N(CC(=O)Nc3cc(Cl)ccc3C)C2=O)cc1I. The lowest BCUT2D eigenvalue weighted by Crippen LogP contribution is -2.36. The number of carbonyl (C=O) groups is 3. The predicted molar refractivity (Wildman–Crippen MR) is 144 cm³/mol. The Morgan fingerprint density at radius 3 is 2.62 bits per heavy atom. The van der Waals surface area contributed by atoms with E-state index >= 15 is 0 Å². The molecule has 0 radical (unpaired) electrons. The van der Waals surface area contributed by atoms with Crippen molar-refractivity contribution in [2.75, 3.05) is 18.5 Å². The fourth-order valence-corrected chi connectivity index (χ4v) is 5.90. The van der Waals surface area contributed by atoms with Gasteiger partial charge in [-0.3, -0.25) is 19.3 Å². The molecule has 0 saturated carbocycles. The number of ether oxygens (including phenoxy) is 1. The number of terminal acetylenes is 1. The minimum absolute atomic E-state index is 0.154. The fraction of sp³-hybridized carbons (Fsp3) is 0.136. The number of rotatable bonds is 6. The van der Waals surface area contributed by atoms with Crippen LogP contribution in [0.3, 0.4) is 0 Å². The molecule has 164 valence electrons. The van der Waals surface area contributed by atoms with Crippen LogP contribution in [0, 0.1) is 26.4 Å². The average molecular weight is 693 g/mol. The summed E-state index contributed by atoms with van der Waals surface area (Å²) >= 11 is 11.0. The number of nitrogens with zero attached hydrogens (tertiary/aromatic N) is 1. The van der Waals surface area contributed by atoms with E-state index in [-0.39, 0.29) is 18.1 Å². The molecule has 10 heteroatoms. The highest BCUT2D eigenvalue weighted by atomic mass is 127. The van der Waals surface area contributed by atoms with Crippen LogP contribution in [-0.2, 0) is 9.59 Å². The van der Waals surface area contributed by atoms with Crippen LogP contribution in [0.25, 0.3) is 6.08 Å². The summed E-state index contributed by atoms with van der Waals surface area (Å²) in [5, 5.41) is 2.66. The van der Waals surface area contributed by atoms with E-state index in [1.54, 1.807) is 24.3 Å². The summed E-state index contributed by atoms with van der Waals surface area (Å²) in [7, 11) is 0. The number of hydrogen-bond donors (Lipinski definition) is 1. The lowest BCUT2D eigenvalue weighted by Gasteiger charge is -2.14. The lowest BCUT2D eigenvalue weighted by molar-refractivity contribution is -0.127. The van der Waals surface area contributed by atoms with Crippen LogP contribution in [0.4, 0.5) is 10.5 Å². The third kappa shape index (κ3) is 5.98. The molecule has 2 aromatic carbocycles. The van der Waals surface area contributed by atoms with E-state index in [9.17, 15) is 14.4 Å². The molecule has 1 N–H and O–H groups in total. The van der Waals surface area contributed by atoms with Crippen LogP contribution in [0.5, 0.6) is 5.75 Å². The highest BCUT2D eigenvalue weighted by Gasteiger charge is 2.36. The fourth-order valence-electron chi connectivity index (χ4n) is 2.76. The Morgan fingerprint density at radius 2 is 1.97 bits per heavy atom. The van der Waals surface area contributed by atoms with E-state index in [4.69, 9.17) is 22.8 Å². The van der Waals surface area contributed by atoms with Gasteiger partial charge < -0.3 is 10.1 Å². The van der Waals surface area contributed by atoms with E-state index in [2.05, 4.69) is 56.4 Å². The molecule has 1 aliphatic heterocycles. The van der Waals surface area contributed by atoms with E-state index in [1.807, 2.05) is 19.1 Å². The van der Waals surface area contributed by atoms with Crippen molar-refractivity contribution < 1.29 is 19.1 Å². The van der Waals surface area contributed by atoms with Crippen LogP contribution in [0.2, 0.25) is 5.02 Å². The minimum atomic E-state index is -0.518. The zero-order valence-corrected chi connectivity index (χ0v) is 22.5. The maximum Gasteiger partial charge on any atom is 0.294 e. The Balaban J connectivity index is 1.74. The number of imide groups is 1. The Bertz CT molecular complexity index is 1170. The van der Waals surface area contributed by atoms with Crippen molar-refractivity contribution in [1.29, 1.82) is 0 Å². The number of nitrogens with one attached hydrogen (secondary N) is 1. The normalized spacial score (nSPS) is 14.6.